The lowest BCUT2D eigenvalue weighted by Gasteiger charge is -2.42. The summed E-state index contributed by atoms with van der Waals surface area (Å²) in [6.45, 7) is 9.63. The van der Waals surface area contributed by atoms with Crippen molar-refractivity contribution in [3.63, 3.8) is 0 Å². The summed E-state index contributed by atoms with van der Waals surface area (Å²) in [5.41, 5.74) is 7.35. The van der Waals surface area contributed by atoms with E-state index in [0.29, 0.717) is 5.69 Å². The normalized spacial score (nSPS) is 14.7. The van der Waals surface area contributed by atoms with Gasteiger partial charge in [-0.05, 0) is 75.8 Å². The maximum atomic E-state index is 14.0. The molecule has 1 aliphatic heterocycles. The highest BCUT2D eigenvalue weighted by Crippen LogP contribution is 2.35. The van der Waals surface area contributed by atoms with Gasteiger partial charge in [0.25, 0.3) is 0 Å². The zero-order valence-electron chi connectivity index (χ0n) is 24.7. The molecule has 41 heavy (non-hydrogen) atoms. The first-order valence-corrected chi connectivity index (χ1v) is 13.9. The van der Waals surface area contributed by atoms with Gasteiger partial charge in [0.1, 0.15) is 13.2 Å². The summed E-state index contributed by atoms with van der Waals surface area (Å²) in [4.78, 5) is 54.8. The molecule has 1 aliphatic rings. The lowest BCUT2D eigenvalue weighted by atomic mass is 9.77. The van der Waals surface area contributed by atoms with Crippen molar-refractivity contribution in [3.05, 3.63) is 65.2 Å². The second-order valence-corrected chi connectivity index (χ2v) is 11.5. The molecule has 1 fully saturated rings. The number of benzene rings is 2. The maximum Gasteiger partial charge on any atom is 0.411 e. The van der Waals surface area contributed by atoms with Crippen LogP contribution in [0.5, 0.6) is 0 Å². The molecule has 0 bridgehead atoms. The number of ether oxygens (including phenoxy) is 2. The number of hydrogen-bond donors (Lipinski definition) is 2. The fourth-order valence-electron chi connectivity index (χ4n) is 4.65. The number of urea groups is 1. The van der Waals surface area contributed by atoms with Crippen LogP contribution < -0.4 is 11.1 Å². The number of aryl methyl sites for hydroxylation is 2. The number of rotatable bonds is 9. The molecular weight excluding hydrogens is 524 g/mol. The van der Waals surface area contributed by atoms with Crippen LogP contribution in [0, 0.1) is 12.3 Å². The monoisotopic (exact) mass is 566 g/mol. The van der Waals surface area contributed by atoms with E-state index < -0.39 is 29.0 Å². The fourth-order valence-corrected chi connectivity index (χ4v) is 4.65. The molecule has 0 saturated carbocycles. The van der Waals surface area contributed by atoms with Crippen LogP contribution in [0.1, 0.15) is 57.2 Å². The number of primary amides is 1. The summed E-state index contributed by atoms with van der Waals surface area (Å²) in [6, 6.07) is 13.9. The molecule has 10 heteroatoms. The maximum absolute atomic E-state index is 14.0. The van der Waals surface area contributed by atoms with Crippen LogP contribution in [-0.2, 0) is 32.0 Å². The minimum absolute atomic E-state index is 0.0133. The molecule has 0 radical (unpaired) electrons. The van der Waals surface area contributed by atoms with E-state index in [0.717, 1.165) is 28.0 Å². The standard InChI is InChI=1S/C31H42N4O6/c1-6-23-11-13-25(14-12-23)33-29(39)40-21-31(15-17-34(18-16-31)26(36)20-41-30(3,4)5)27(37)35(28(32)38)19-24-10-8-7-9-22(24)2/h7-14H,6,15-21H2,1-5H3,(H2,32,38)(H,33,39). The van der Waals surface area contributed by atoms with Gasteiger partial charge >= 0.3 is 12.1 Å². The van der Waals surface area contributed by atoms with E-state index in [1.807, 2.05) is 71.0 Å². The third kappa shape index (κ3) is 8.78. The van der Waals surface area contributed by atoms with Gasteiger partial charge in [-0.15, -0.1) is 0 Å². The smallest absolute Gasteiger partial charge is 0.411 e. The number of nitrogens with two attached hydrogens (primary N) is 1. The summed E-state index contributed by atoms with van der Waals surface area (Å²) in [5, 5.41) is 2.69. The lowest BCUT2D eigenvalue weighted by Crippen LogP contribution is -2.56. The molecule has 222 valence electrons. The number of amides is 5. The Hall–Kier alpha value is -3.92. The van der Waals surface area contributed by atoms with Gasteiger partial charge in [-0.1, -0.05) is 43.3 Å². The van der Waals surface area contributed by atoms with Crippen LogP contribution in [0.15, 0.2) is 48.5 Å². The van der Waals surface area contributed by atoms with Crippen molar-refractivity contribution >= 4 is 29.6 Å². The topological polar surface area (TPSA) is 131 Å². The number of hydrogen-bond acceptors (Lipinski definition) is 6. The zero-order valence-corrected chi connectivity index (χ0v) is 24.7. The highest BCUT2D eigenvalue weighted by Gasteiger charge is 2.47. The number of piperidine rings is 1. The van der Waals surface area contributed by atoms with Crippen molar-refractivity contribution in [2.24, 2.45) is 11.1 Å². The van der Waals surface area contributed by atoms with Gasteiger partial charge in [-0.2, -0.15) is 0 Å². The van der Waals surface area contributed by atoms with Gasteiger partial charge in [0.05, 0.1) is 17.6 Å². The van der Waals surface area contributed by atoms with Crippen LogP contribution in [0.4, 0.5) is 15.3 Å². The number of likely N-dealkylation sites (tertiary alicyclic amines) is 1. The second-order valence-electron chi connectivity index (χ2n) is 11.5. The quantitative estimate of drug-likeness (QED) is 0.455. The molecule has 10 nitrogen and oxygen atoms in total. The van der Waals surface area contributed by atoms with E-state index in [1.165, 1.54) is 0 Å². The molecular formula is C31H42N4O6. The van der Waals surface area contributed by atoms with E-state index in [9.17, 15) is 19.2 Å². The predicted octanol–water partition coefficient (Wildman–Crippen LogP) is 4.64. The summed E-state index contributed by atoms with van der Waals surface area (Å²) in [6.07, 6.45) is 0.519. The van der Waals surface area contributed by atoms with Gasteiger partial charge in [-0.25, -0.2) is 9.59 Å². The predicted molar refractivity (Wildman–Crippen MR) is 156 cm³/mol. The molecule has 3 rings (SSSR count). The molecule has 1 heterocycles. The van der Waals surface area contributed by atoms with Gasteiger partial charge in [0.2, 0.25) is 11.8 Å². The van der Waals surface area contributed by atoms with Crippen LogP contribution in [-0.4, -0.2) is 65.6 Å². The Balaban J connectivity index is 1.78. The van der Waals surface area contributed by atoms with Gasteiger partial charge in [-0.3, -0.25) is 19.8 Å². The van der Waals surface area contributed by atoms with Crippen molar-refractivity contribution in [1.82, 2.24) is 9.80 Å². The number of carbonyl (C=O) groups excluding carboxylic acids is 4. The molecule has 1 saturated heterocycles. The molecule has 2 aromatic rings. The van der Waals surface area contributed by atoms with E-state index >= 15 is 0 Å². The van der Waals surface area contributed by atoms with Crippen LogP contribution in [0.2, 0.25) is 0 Å². The molecule has 0 aliphatic carbocycles. The Kier molecular flexibility index (Phi) is 10.5. The molecule has 0 aromatic heterocycles. The van der Waals surface area contributed by atoms with Crippen molar-refractivity contribution < 1.29 is 28.7 Å². The molecule has 5 amide bonds. The fraction of sp³-hybridized carbons (Fsp3) is 0.484. The highest BCUT2D eigenvalue weighted by atomic mass is 16.5. The number of nitrogens with one attached hydrogen (secondary N) is 1. The number of imide groups is 1. The van der Waals surface area contributed by atoms with Crippen molar-refractivity contribution in [1.29, 1.82) is 0 Å². The average molecular weight is 567 g/mol. The second kappa shape index (κ2) is 13.6. The van der Waals surface area contributed by atoms with Gasteiger partial charge < -0.3 is 20.1 Å². The Morgan fingerprint density at radius 3 is 2.22 bits per heavy atom. The Bertz CT molecular complexity index is 1230. The first-order valence-electron chi connectivity index (χ1n) is 13.9. The zero-order chi connectivity index (χ0) is 30.2. The van der Waals surface area contributed by atoms with Crippen LogP contribution >= 0.6 is 0 Å². The van der Waals surface area contributed by atoms with Crippen molar-refractivity contribution in [2.45, 2.75) is 66.0 Å². The van der Waals surface area contributed by atoms with Gasteiger partial charge in [0.15, 0.2) is 0 Å². The van der Waals surface area contributed by atoms with E-state index in [2.05, 4.69) is 5.32 Å². The third-order valence-electron chi connectivity index (χ3n) is 7.34. The lowest BCUT2D eigenvalue weighted by molar-refractivity contribution is -0.152. The minimum atomic E-state index is -1.25. The summed E-state index contributed by atoms with van der Waals surface area (Å²) in [5.74, 6) is -0.728. The summed E-state index contributed by atoms with van der Waals surface area (Å²) < 4.78 is 11.2. The Morgan fingerprint density at radius 2 is 1.66 bits per heavy atom. The Labute approximate surface area is 242 Å². The van der Waals surface area contributed by atoms with Crippen LogP contribution in [0.3, 0.4) is 0 Å². The van der Waals surface area contributed by atoms with E-state index in [1.54, 1.807) is 17.0 Å². The van der Waals surface area contributed by atoms with E-state index in [-0.39, 0.29) is 51.6 Å². The molecule has 0 atom stereocenters. The van der Waals surface area contributed by atoms with Crippen molar-refractivity contribution in [3.8, 4) is 0 Å². The van der Waals surface area contributed by atoms with Crippen LogP contribution in [0.25, 0.3) is 0 Å². The molecule has 2 aromatic carbocycles. The molecule has 0 unspecified atom stereocenters. The highest BCUT2D eigenvalue weighted by molar-refractivity contribution is 5.97. The average Bonchev–Trinajstić information content (AvgIpc) is 2.94. The minimum Gasteiger partial charge on any atom is -0.448 e. The number of nitrogens with zero attached hydrogens (tertiary/aromatic N) is 2. The summed E-state index contributed by atoms with van der Waals surface area (Å²) in [7, 11) is 0. The first-order chi connectivity index (χ1) is 19.3. The van der Waals surface area contributed by atoms with E-state index in [4.69, 9.17) is 15.2 Å². The number of carbonyl (C=O) groups is 4. The largest absolute Gasteiger partial charge is 0.448 e. The third-order valence-corrected chi connectivity index (χ3v) is 7.34. The Morgan fingerprint density at radius 1 is 1.02 bits per heavy atom. The number of anilines is 1. The first kappa shape index (κ1) is 31.6. The molecule has 0 spiro atoms. The SMILES string of the molecule is CCc1ccc(NC(=O)OCC2(C(=O)N(Cc3ccccc3C)C(N)=O)CCN(C(=O)COC(C)(C)C)CC2)cc1. The van der Waals surface area contributed by atoms with Crippen molar-refractivity contribution in [2.75, 3.05) is 31.6 Å². The molecule has 3 N–H and O–H groups in total. The van der Waals surface area contributed by atoms with Gasteiger partial charge in [0, 0.05) is 18.8 Å². The summed E-state index contributed by atoms with van der Waals surface area (Å²) >= 11 is 0.